The maximum atomic E-state index is 13.2. The number of Topliss-reactive ketones (excluding diaryl/α,β-unsaturated/α-hetero) is 1. The second kappa shape index (κ2) is 8.22. The fourth-order valence-electron chi connectivity index (χ4n) is 4.59. The number of ketones is 1. The molecule has 1 heterocycles. The number of carbonyl (C=O) groups excluding carboxylic acids is 2. The van der Waals surface area contributed by atoms with Crippen molar-refractivity contribution in [3.63, 3.8) is 0 Å². The van der Waals surface area contributed by atoms with Crippen molar-refractivity contribution in [3.05, 3.63) is 65.2 Å². The quantitative estimate of drug-likeness (QED) is 0.459. The molecule has 0 radical (unpaired) electrons. The summed E-state index contributed by atoms with van der Waals surface area (Å²) in [4.78, 5) is 27.9. The second-order valence-corrected chi connectivity index (χ2v) is 7.59. The first kappa shape index (κ1) is 20.0. The molecule has 0 spiro atoms. The van der Waals surface area contributed by atoms with E-state index in [-0.39, 0.29) is 22.9 Å². The third-order valence-corrected chi connectivity index (χ3v) is 5.98. The first-order valence-electron chi connectivity index (χ1n) is 10.1. The molecular formula is C24H25NO5. The number of aliphatic hydroxyl groups is 1. The minimum atomic E-state index is -0.679. The van der Waals surface area contributed by atoms with E-state index in [2.05, 4.69) is 0 Å². The second-order valence-electron chi connectivity index (χ2n) is 7.59. The summed E-state index contributed by atoms with van der Waals surface area (Å²) in [5.41, 5.74) is 1.13. The van der Waals surface area contributed by atoms with Crippen molar-refractivity contribution >= 4 is 17.4 Å². The molecule has 4 rings (SSSR count). The third kappa shape index (κ3) is 3.22. The normalized spacial score (nSPS) is 21.3. The molecule has 6 heteroatoms. The molecule has 1 amide bonds. The summed E-state index contributed by atoms with van der Waals surface area (Å²) in [6.45, 7) is 0. The molecule has 6 nitrogen and oxygen atoms in total. The van der Waals surface area contributed by atoms with E-state index in [1.54, 1.807) is 23.1 Å². The summed E-state index contributed by atoms with van der Waals surface area (Å²) < 4.78 is 10.8. The molecular weight excluding hydrogens is 382 g/mol. The Balaban J connectivity index is 1.95. The van der Waals surface area contributed by atoms with Gasteiger partial charge in [0.25, 0.3) is 11.7 Å². The number of rotatable bonds is 5. The summed E-state index contributed by atoms with van der Waals surface area (Å²) >= 11 is 0. The molecule has 0 aromatic heterocycles. The first-order chi connectivity index (χ1) is 14.6. The van der Waals surface area contributed by atoms with E-state index in [1.165, 1.54) is 14.2 Å². The van der Waals surface area contributed by atoms with Gasteiger partial charge in [-0.15, -0.1) is 0 Å². The molecule has 156 valence electrons. The van der Waals surface area contributed by atoms with Crippen LogP contribution in [-0.4, -0.2) is 42.0 Å². The molecule has 2 fully saturated rings. The molecule has 1 aliphatic heterocycles. The Morgan fingerprint density at radius 3 is 2.10 bits per heavy atom. The minimum Gasteiger partial charge on any atom is -0.506 e. The Morgan fingerprint density at radius 1 is 0.933 bits per heavy atom. The van der Waals surface area contributed by atoms with Crippen molar-refractivity contribution in [2.75, 3.05) is 14.2 Å². The van der Waals surface area contributed by atoms with Crippen molar-refractivity contribution in [1.29, 1.82) is 0 Å². The predicted molar refractivity (Wildman–Crippen MR) is 112 cm³/mol. The number of hydrogen-bond acceptors (Lipinski definition) is 5. The highest BCUT2D eigenvalue weighted by molar-refractivity contribution is 6.46. The van der Waals surface area contributed by atoms with Crippen LogP contribution in [0, 0.1) is 0 Å². The molecule has 2 aliphatic rings. The van der Waals surface area contributed by atoms with Gasteiger partial charge in [-0.25, -0.2) is 0 Å². The Hall–Kier alpha value is -3.28. The molecule has 1 unspecified atom stereocenters. The van der Waals surface area contributed by atoms with Gasteiger partial charge in [0.15, 0.2) is 0 Å². The number of aliphatic hydroxyl groups excluding tert-OH is 1. The standard InChI is InChI=1S/C24H25NO5/c1-29-17-13-8-14-18(30-2)19(17)22(26)20-21(15-9-4-3-5-10-15)25(24(28)23(20)27)16-11-6-7-12-16/h3-5,8-10,13-14,16,21,26H,6-7,11-12H2,1-2H3/b22-20+. The van der Waals surface area contributed by atoms with Crippen LogP contribution in [0.5, 0.6) is 11.5 Å². The van der Waals surface area contributed by atoms with E-state index >= 15 is 0 Å². The predicted octanol–water partition coefficient (Wildman–Crippen LogP) is 4.07. The fraction of sp³-hybridized carbons (Fsp3) is 0.333. The molecule has 1 saturated carbocycles. The SMILES string of the molecule is COc1cccc(OC)c1/C(O)=C1\C(=O)C(=O)N(C2CCCC2)C1c1ccccc1. The lowest BCUT2D eigenvalue weighted by Crippen LogP contribution is -2.37. The van der Waals surface area contributed by atoms with Gasteiger partial charge in [0.1, 0.15) is 22.8 Å². The lowest BCUT2D eigenvalue weighted by atomic mass is 9.94. The number of amides is 1. The van der Waals surface area contributed by atoms with Crippen LogP contribution >= 0.6 is 0 Å². The van der Waals surface area contributed by atoms with E-state index in [1.807, 2.05) is 30.3 Å². The molecule has 2 aromatic rings. The lowest BCUT2D eigenvalue weighted by molar-refractivity contribution is -0.141. The van der Waals surface area contributed by atoms with Crippen LogP contribution in [0.1, 0.15) is 42.9 Å². The number of methoxy groups -OCH3 is 2. The average molecular weight is 407 g/mol. The van der Waals surface area contributed by atoms with E-state index in [0.717, 1.165) is 31.2 Å². The monoisotopic (exact) mass is 407 g/mol. The van der Waals surface area contributed by atoms with E-state index in [9.17, 15) is 14.7 Å². The van der Waals surface area contributed by atoms with Gasteiger partial charge in [-0.2, -0.15) is 0 Å². The highest BCUT2D eigenvalue weighted by Crippen LogP contribution is 2.45. The van der Waals surface area contributed by atoms with Crippen molar-refractivity contribution in [2.45, 2.75) is 37.8 Å². The van der Waals surface area contributed by atoms with Gasteiger partial charge < -0.3 is 19.5 Å². The molecule has 1 saturated heterocycles. The third-order valence-electron chi connectivity index (χ3n) is 5.98. The van der Waals surface area contributed by atoms with Gasteiger partial charge in [0.05, 0.1) is 25.8 Å². The van der Waals surface area contributed by atoms with Crippen molar-refractivity contribution in [1.82, 2.24) is 4.90 Å². The van der Waals surface area contributed by atoms with Gasteiger partial charge in [0, 0.05) is 6.04 Å². The van der Waals surface area contributed by atoms with Crippen molar-refractivity contribution in [2.24, 2.45) is 0 Å². The molecule has 1 atom stereocenters. The molecule has 1 N–H and O–H groups in total. The number of ether oxygens (including phenoxy) is 2. The molecule has 0 bridgehead atoms. The lowest BCUT2D eigenvalue weighted by Gasteiger charge is -2.30. The zero-order valence-electron chi connectivity index (χ0n) is 17.1. The van der Waals surface area contributed by atoms with Crippen LogP contribution in [0.4, 0.5) is 0 Å². The van der Waals surface area contributed by atoms with Gasteiger partial charge in [-0.1, -0.05) is 49.2 Å². The average Bonchev–Trinajstić information content (AvgIpc) is 3.40. The van der Waals surface area contributed by atoms with E-state index in [4.69, 9.17) is 9.47 Å². The highest BCUT2D eigenvalue weighted by atomic mass is 16.5. The number of hydrogen-bond donors (Lipinski definition) is 1. The Labute approximate surface area is 175 Å². The number of benzene rings is 2. The summed E-state index contributed by atoms with van der Waals surface area (Å²) in [6.07, 6.45) is 3.76. The van der Waals surface area contributed by atoms with Gasteiger partial charge in [0.2, 0.25) is 0 Å². The smallest absolute Gasteiger partial charge is 0.295 e. The molecule has 2 aromatic carbocycles. The Bertz CT molecular complexity index is 970. The fourth-order valence-corrected chi connectivity index (χ4v) is 4.59. The number of nitrogens with zero attached hydrogens (tertiary/aromatic N) is 1. The van der Waals surface area contributed by atoms with E-state index < -0.39 is 17.7 Å². The number of likely N-dealkylation sites (tertiary alicyclic amines) is 1. The van der Waals surface area contributed by atoms with Crippen LogP contribution in [0.15, 0.2) is 54.1 Å². The van der Waals surface area contributed by atoms with E-state index in [0.29, 0.717) is 11.5 Å². The van der Waals surface area contributed by atoms with Gasteiger partial charge in [-0.3, -0.25) is 9.59 Å². The summed E-state index contributed by atoms with van der Waals surface area (Å²) in [7, 11) is 2.97. The Morgan fingerprint density at radius 2 is 1.53 bits per heavy atom. The van der Waals surface area contributed by atoms with Crippen LogP contribution in [-0.2, 0) is 9.59 Å². The topological polar surface area (TPSA) is 76.1 Å². The Kier molecular flexibility index (Phi) is 5.48. The van der Waals surface area contributed by atoms with Gasteiger partial charge >= 0.3 is 0 Å². The first-order valence-corrected chi connectivity index (χ1v) is 10.1. The minimum absolute atomic E-state index is 0.0171. The zero-order chi connectivity index (χ0) is 21.3. The summed E-state index contributed by atoms with van der Waals surface area (Å²) in [6, 6.07) is 13.8. The highest BCUT2D eigenvalue weighted by Gasteiger charge is 2.49. The number of carbonyl (C=O) groups is 2. The van der Waals surface area contributed by atoms with Crippen LogP contribution < -0.4 is 9.47 Å². The maximum absolute atomic E-state index is 13.2. The summed E-state index contributed by atoms with van der Waals surface area (Å²) in [5, 5.41) is 11.3. The van der Waals surface area contributed by atoms with Crippen LogP contribution in [0.2, 0.25) is 0 Å². The molecule has 1 aliphatic carbocycles. The van der Waals surface area contributed by atoms with Crippen molar-refractivity contribution in [3.8, 4) is 11.5 Å². The van der Waals surface area contributed by atoms with Crippen LogP contribution in [0.3, 0.4) is 0 Å². The summed E-state index contributed by atoms with van der Waals surface area (Å²) in [5.74, 6) is -0.791. The van der Waals surface area contributed by atoms with Gasteiger partial charge in [-0.05, 0) is 30.5 Å². The van der Waals surface area contributed by atoms with Crippen LogP contribution in [0.25, 0.3) is 5.76 Å². The molecule has 30 heavy (non-hydrogen) atoms. The maximum Gasteiger partial charge on any atom is 0.295 e. The zero-order valence-corrected chi connectivity index (χ0v) is 17.1. The largest absolute Gasteiger partial charge is 0.506 e. The van der Waals surface area contributed by atoms with Crippen molar-refractivity contribution < 1.29 is 24.2 Å².